The van der Waals surface area contributed by atoms with Gasteiger partial charge in [-0.2, -0.15) is 0 Å². The first-order valence-corrected chi connectivity index (χ1v) is 5.63. The summed E-state index contributed by atoms with van der Waals surface area (Å²) in [6.07, 6.45) is 2.70. The zero-order valence-electron chi connectivity index (χ0n) is 6.81. The van der Waals surface area contributed by atoms with Gasteiger partial charge in [0, 0.05) is 23.1 Å². The van der Waals surface area contributed by atoms with Gasteiger partial charge >= 0.3 is 0 Å². The molecule has 0 saturated carbocycles. The molecule has 0 radical (unpaired) electrons. The van der Waals surface area contributed by atoms with E-state index in [0.717, 1.165) is 12.1 Å². The number of halogens is 1. The van der Waals surface area contributed by atoms with E-state index in [4.69, 9.17) is 0 Å². The molecule has 0 bridgehead atoms. The molecule has 1 saturated heterocycles. The second-order valence-corrected chi connectivity index (χ2v) is 4.16. The highest BCUT2D eigenvalue weighted by Gasteiger charge is 2.35. The van der Waals surface area contributed by atoms with E-state index in [0.29, 0.717) is 0 Å². The van der Waals surface area contributed by atoms with Crippen LogP contribution in [-0.4, -0.2) is 28.0 Å². The first kappa shape index (κ1) is 8.78. The third-order valence-electron chi connectivity index (χ3n) is 2.32. The molecule has 60 valence electrons. The lowest BCUT2D eigenvalue weighted by molar-refractivity contribution is 0.384. The summed E-state index contributed by atoms with van der Waals surface area (Å²) < 4.78 is 1.30. The van der Waals surface area contributed by atoms with Crippen LogP contribution in [0, 0.1) is 0 Å². The molecule has 0 aromatic heterocycles. The monoisotopic (exact) mass is 253 g/mol. The summed E-state index contributed by atoms with van der Waals surface area (Å²) in [6.45, 7) is 5.98. The zero-order chi connectivity index (χ0) is 7.56. The van der Waals surface area contributed by atoms with E-state index in [1.165, 1.54) is 23.8 Å². The van der Waals surface area contributed by atoms with Gasteiger partial charge in [-0.15, -0.1) is 0 Å². The number of hydrogen-bond acceptors (Lipinski definition) is 1. The van der Waals surface area contributed by atoms with E-state index in [2.05, 4.69) is 41.3 Å². The van der Waals surface area contributed by atoms with Gasteiger partial charge < -0.3 is 0 Å². The number of alkyl halides is 1. The normalized spacial score (nSPS) is 33.9. The molecule has 10 heavy (non-hydrogen) atoms. The Morgan fingerprint density at radius 3 is 2.80 bits per heavy atom. The lowest BCUT2D eigenvalue weighted by atomic mass is 10.2. The molecule has 0 aromatic carbocycles. The molecule has 1 rings (SSSR count). The average molecular weight is 253 g/mol. The number of nitrogens with zero attached hydrogens (tertiary/aromatic N) is 1. The second-order valence-electron chi connectivity index (χ2n) is 3.09. The molecule has 0 amide bonds. The maximum absolute atomic E-state index is 2.60. The Hall–Kier alpha value is 0.690. The summed E-state index contributed by atoms with van der Waals surface area (Å²) in [5, 5.41) is 0. The predicted octanol–water partition coefficient (Wildman–Crippen LogP) is 2.29. The van der Waals surface area contributed by atoms with E-state index in [-0.39, 0.29) is 0 Å². The summed E-state index contributed by atoms with van der Waals surface area (Å²) in [5.74, 6) is 0. The van der Waals surface area contributed by atoms with E-state index in [1.54, 1.807) is 0 Å². The SMILES string of the molecule is CCC1CN1C(C)CCI. The van der Waals surface area contributed by atoms with Gasteiger partial charge in [0.25, 0.3) is 0 Å². The smallest absolute Gasteiger partial charge is 0.0224 e. The molecule has 0 N–H and O–H groups in total. The van der Waals surface area contributed by atoms with Gasteiger partial charge in [0.1, 0.15) is 0 Å². The molecule has 3 unspecified atom stereocenters. The van der Waals surface area contributed by atoms with Crippen LogP contribution in [0.15, 0.2) is 0 Å². The maximum atomic E-state index is 2.60. The van der Waals surface area contributed by atoms with Crippen molar-refractivity contribution in [2.45, 2.75) is 38.8 Å². The molecule has 1 nitrogen and oxygen atoms in total. The highest BCUT2D eigenvalue weighted by atomic mass is 127. The lowest BCUT2D eigenvalue weighted by Gasteiger charge is -2.10. The molecule has 1 heterocycles. The molecule has 1 aliphatic heterocycles. The summed E-state index contributed by atoms with van der Waals surface area (Å²) in [4.78, 5) is 2.60. The quantitative estimate of drug-likeness (QED) is 0.422. The van der Waals surface area contributed by atoms with Gasteiger partial charge in [0.2, 0.25) is 0 Å². The molecular weight excluding hydrogens is 237 g/mol. The Morgan fingerprint density at radius 1 is 1.70 bits per heavy atom. The topological polar surface area (TPSA) is 3.01 Å². The van der Waals surface area contributed by atoms with Gasteiger partial charge in [-0.05, 0) is 19.8 Å². The average Bonchev–Trinajstić information content (AvgIpc) is 2.66. The summed E-state index contributed by atoms with van der Waals surface area (Å²) in [6, 6.07) is 1.76. The van der Waals surface area contributed by atoms with Crippen LogP contribution >= 0.6 is 22.6 Å². The molecule has 0 aliphatic carbocycles. The van der Waals surface area contributed by atoms with Crippen LogP contribution in [0.3, 0.4) is 0 Å². The summed E-state index contributed by atoms with van der Waals surface area (Å²) in [5.41, 5.74) is 0. The molecule has 1 fully saturated rings. The van der Waals surface area contributed by atoms with Crippen LogP contribution in [0.2, 0.25) is 0 Å². The van der Waals surface area contributed by atoms with Crippen molar-refractivity contribution in [3.05, 3.63) is 0 Å². The maximum Gasteiger partial charge on any atom is 0.0224 e. The van der Waals surface area contributed by atoms with Crippen molar-refractivity contribution in [1.82, 2.24) is 4.90 Å². The Balaban J connectivity index is 2.12. The van der Waals surface area contributed by atoms with Gasteiger partial charge in [-0.3, -0.25) is 4.90 Å². The first-order valence-electron chi connectivity index (χ1n) is 4.11. The van der Waals surface area contributed by atoms with Crippen LogP contribution < -0.4 is 0 Å². The second kappa shape index (κ2) is 3.90. The number of rotatable bonds is 4. The Labute approximate surface area is 77.3 Å². The van der Waals surface area contributed by atoms with Gasteiger partial charge in [-0.25, -0.2) is 0 Å². The highest BCUT2D eigenvalue weighted by Crippen LogP contribution is 2.25. The van der Waals surface area contributed by atoms with Crippen LogP contribution in [-0.2, 0) is 0 Å². The van der Waals surface area contributed by atoms with Crippen molar-refractivity contribution in [2.24, 2.45) is 0 Å². The summed E-state index contributed by atoms with van der Waals surface area (Å²) >= 11 is 2.46. The van der Waals surface area contributed by atoms with Gasteiger partial charge in [0.05, 0.1) is 0 Å². The fraction of sp³-hybridized carbons (Fsp3) is 1.00. The van der Waals surface area contributed by atoms with Gasteiger partial charge in [-0.1, -0.05) is 29.5 Å². The van der Waals surface area contributed by atoms with Crippen molar-refractivity contribution in [3.8, 4) is 0 Å². The van der Waals surface area contributed by atoms with E-state index < -0.39 is 0 Å². The molecule has 3 atom stereocenters. The minimum Gasteiger partial charge on any atom is -0.295 e. The van der Waals surface area contributed by atoms with Crippen molar-refractivity contribution >= 4 is 22.6 Å². The fourth-order valence-corrected chi connectivity index (χ4v) is 2.32. The van der Waals surface area contributed by atoms with Crippen LogP contribution in [0.25, 0.3) is 0 Å². The first-order chi connectivity index (χ1) is 4.79. The van der Waals surface area contributed by atoms with E-state index >= 15 is 0 Å². The molecule has 0 aromatic rings. The largest absolute Gasteiger partial charge is 0.295 e. The summed E-state index contributed by atoms with van der Waals surface area (Å²) in [7, 11) is 0. The van der Waals surface area contributed by atoms with Crippen LogP contribution in [0.1, 0.15) is 26.7 Å². The highest BCUT2D eigenvalue weighted by molar-refractivity contribution is 14.1. The van der Waals surface area contributed by atoms with Gasteiger partial charge in [0.15, 0.2) is 0 Å². The molecule has 0 spiro atoms. The predicted molar refractivity (Wildman–Crippen MR) is 53.8 cm³/mol. The van der Waals surface area contributed by atoms with E-state index in [1.807, 2.05) is 0 Å². The standard InChI is InChI=1S/C8H16IN/c1-3-8-6-10(8)7(2)4-5-9/h7-8H,3-6H2,1-2H3. The molecular formula is C8H16IN. The van der Waals surface area contributed by atoms with Crippen molar-refractivity contribution < 1.29 is 0 Å². The molecule has 2 heteroatoms. The minimum atomic E-state index is 0.835. The van der Waals surface area contributed by atoms with Crippen molar-refractivity contribution in [2.75, 3.05) is 11.0 Å². The lowest BCUT2D eigenvalue weighted by Crippen LogP contribution is -2.16. The fourth-order valence-electron chi connectivity index (χ4n) is 1.42. The van der Waals surface area contributed by atoms with Crippen molar-refractivity contribution in [1.29, 1.82) is 0 Å². The zero-order valence-corrected chi connectivity index (χ0v) is 8.97. The Morgan fingerprint density at radius 2 is 2.40 bits per heavy atom. The molecule has 1 aliphatic rings. The Kier molecular flexibility index (Phi) is 3.43. The third-order valence-corrected chi connectivity index (χ3v) is 2.94. The third kappa shape index (κ3) is 2.09. The Bertz CT molecular complexity index is 105. The van der Waals surface area contributed by atoms with Crippen LogP contribution in [0.5, 0.6) is 0 Å². The minimum absolute atomic E-state index is 0.835. The number of hydrogen-bond donors (Lipinski definition) is 0. The van der Waals surface area contributed by atoms with Crippen LogP contribution in [0.4, 0.5) is 0 Å². The van der Waals surface area contributed by atoms with E-state index in [9.17, 15) is 0 Å². The van der Waals surface area contributed by atoms with Crippen molar-refractivity contribution in [3.63, 3.8) is 0 Å².